The van der Waals surface area contributed by atoms with Gasteiger partial charge in [-0.15, -0.1) is 0 Å². The number of carbonyl (C=O) groups excluding carboxylic acids is 5. The van der Waals surface area contributed by atoms with Crippen LogP contribution in [0.1, 0.15) is 111 Å². The van der Waals surface area contributed by atoms with Crippen LogP contribution in [-0.4, -0.2) is 97.9 Å². The molecule has 3 rings (SSSR count). The Morgan fingerprint density at radius 1 is 0.892 bits per heavy atom. The average molecular weight is 923 g/mol. The predicted octanol–water partition coefficient (Wildman–Crippen LogP) is 6.53. The molecule has 6 N–H and O–H groups in total. The quantitative estimate of drug-likeness (QED) is 0.0513. The smallest absolute Gasteiger partial charge is 0.475 e. The highest BCUT2D eigenvalue weighted by molar-refractivity contribution is 5.94. The van der Waals surface area contributed by atoms with E-state index in [1.165, 1.54) is 11.8 Å². The number of hydrogen-bond donors (Lipinski definition) is 5. The maximum absolute atomic E-state index is 15.0. The molecule has 0 unspecified atom stereocenters. The molecule has 3 amide bonds. The van der Waals surface area contributed by atoms with Crippen molar-refractivity contribution in [2.45, 2.75) is 124 Å². The van der Waals surface area contributed by atoms with E-state index in [0.29, 0.717) is 51.0 Å². The van der Waals surface area contributed by atoms with Crippen LogP contribution >= 0.6 is 0 Å². The van der Waals surface area contributed by atoms with Crippen LogP contribution in [0.2, 0.25) is 0 Å². The number of carboxylic acids is 1. The zero-order chi connectivity index (χ0) is 49.2. The molecule has 14 nitrogen and oxygen atoms in total. The van der Waals surface area contributed by atoms with Crippen LogP contribution < -0.4 is 16.4 Å². The van der Waals surface area contributed by atoms with Crippen LogP contribution in [0.25, 0.3) is 11.3 Å². The van der Waals surface area contributed by atoms with Crippen molar-refractivity contribution in [2.75, 3.05) is 19.7 Å². The SMILES string of the molecule is CC(=O)N[C@@H](CCCCN)C(=O)C[C@H](C(=O)N[C@@H](C)C(=O)CCCCN(C(=O)CO)[C@@H](c1nc(-c2cc(F)ccc2F)cn1Cc1ccccc1)C(C)(C)C)C(C)C.O=C(O)C(F)(F)F. The molecule has 0 bridgehead atoms. The van der Waals surface area contributed by atoms with E-state index in [1.807, 2.05) is 69.5 Å². The molecule has 1 heterocycles. The molecule has 360 valence electrons. The topological polar surface area (TPSA) is 214 Å². The van der Waals surface area contributed by atoms with E-state index in [9.17, 15) is 46.6 Å². The van der Waals surface area contributed by atoms with Gasteiger partial charge in [-0.2, -0.15) is 13.2 Å². The summed E-state index contributed by atoms with van der Waals surface area (Å²) in [7, 11) is 0. The fraction of sp³-hybridized carbons (Fsp3) is 0.543. The number of ketones is 2. The van der Waals surface area contributed by atoms with Gasteiger partial charge in [-0.25, -0.2) is 18.6 Å². The van der Waals surface area contributed by atoms with Crippen LogP contribution in [0, 0.1) is 28.9 Å². The zero-order valence-electron chi connectivity index (χ0n) is 38.0. The lowest BCUT2D eigenvalue weighted by molar-refractivity contribution is -0.192. The summed E-state index contributed by atoms with van der Waals surface area (Å²) in [5.74, 6) is -6.36. The summed E-state index contributed by atoms with van der Waals surface area (Å²) in [4.78, 5) is 80.5. The number of carbonyl (C=O) groups is 6. The summed E-state index contributed by atoms with van der Waals surface area (Å²) in [5.41, 5.74) is 6.02. The number of halogens is 5. The monoisotopic (exact) mass is 922 g/mol. The Bertz CT molecular complexity index is 2050. The highest BCUT2D eigenvalue weighted by atomic mass is 19.4. The second-order valence-electron chi connectivity index (χ2n) is 17.3. The van der Waals surface area contributed by atoms with Gasteiger partial charge >= 0.3 is 12.1 Å². The van der Waals surface area contributed by atoms with Crippen LogP contribution in [-0.2, 0) is 35.3 Å². The predicted molar refractivity (Wildman–Crippen MR) is 233 cm³/mol. The summed E-state index contributed by atoms with van der Waals surface area (Å²) < 4.78 is 62.9. The lowest BCUT2D eigenvalue weighted by atomic mass is 9.84. The van der Waals surface area contributed by atoms with Gasteiger partial charge < -0.3 is 36.0 Å². The number of nitrogens with two attached hydrogens (primary N) is 1. The number of hydrogen-bond acceptors (Lipinski definition) is 9. The highest BCUT2D eigenvalue weighted by Crippen LogP contribution is 2.40. The van der Waals surface area contributed by atoms with Crippen LogP contribution in [0.5, 0.6) is 0 Å². The third kappa shape index (κ3) is 18.1. The van der Waals surface area contributed by atoms with Crippen molar-refractivity contribution in [1.82, 2.24) is 25.1 Å². The minimum atomic E-state index is -5.08. The first-order valence-corrected chi connectivity index (χ1v) is 21.4. The molecule has 2 aromatic carbocycles. The number of nitrogens with one attached hydrogen (secondary N) is 2. The number of rotatable bonds is 23. The van der Waals surface area contributed by atoms with E-state index in [-0.39, 0.29) is 54.0 Å². The van der Waals surface area contributed by atoms with Gasteiger partial charge in [-0.05, 0) is 80.7 Å². The van der Waals surface area contributed by atoms with E-state index in [2.05, 4.69) is 10.6 Å². The number of benzene rings is 2. The first kappa shape index (κ1) is 55.6. The second kappa shape index (κ2) is 25.8. The van der Waals surface area contributed by atoms with Crippen molar-refractivity contribution in [3.05, 3.63) is 77.8 Å². The van der Waals surface area contributed by atoms with E-state index < -0.39 is 71.7 Å². The van der Waals surface area contributed by atoms with Crippen molar-refractivity contribution in [2.24, 2.45) is 23.0 Å². The lowest BCUT2D eigenvalue weighted by Crippen LogP contribution is -2.46. The Hall–Kier alpha value is -5.56. The number of carboxylic acid groups (broad SMARTS) is 1. The number of aliphatic hydroxyl groups excluding tert-OH is 1. The fourth-order valence-electron chi connectivity index (χ4n) is 7.10. The van der Waals surface area contributed by atoms with Gasteiger partial charge in [0, 0.05) is 50.5 Å². The Labute approximate surface area is 376 Å². The lowest BCUT2D eigenvalue weighted by Gasteiger charge is -2.40. The number of nitrogens with zero attached hydrogens (tertiary/aromatic N) is 3. The standard InChI is InChI=1S/C44H62F2N6O6.C2HF3O2/c1-28(2)33(24-39(56)36(49-30(4)54)17-11-13-21-47)43(58)48-29(3)38(55)18-12-14-22-52(40(57)27-53)41(44(5,6)7)42-50-37(34-23-32(45)19-20-35(34)46)26-51(42)25-31-15-9-8-10-16-31;3-2(4,5)1(6)7/h8-10,15-16,19-20,23,26,28-29,33,36,41,53H,11-14,17-18,21-22,24-25,27,47H2,1-7H3,(H,48,58)(H,49,54);(H,6,7)/t29-,33-,36-,41-;/m0./s1. The zero-order valence-corrected chi connectivity index (χ0v) is 38.0. The number of alkyl halides is 3. The Morgan fingerprint density at radius 2 is 1.52 bits per heavy atom. The molecule has 3 aromatic rings. The van der Waals surface area contributed by atoms with E-state index in [0.717, 1.165) is 23.8 Å². The molecule has 4 atom stereocenters. The Balaban J connectivity index is 0.00000191. The maximum Gasteiger partial charge on any atom is 0.490 e. The van der Waals surface area contributed by atoms with Crippen molar-refractivity contribution < 1.29 is 60.9 Å². The summed E-state index contributed by atoms with van der Waals surface area (Å²) in [6, 6.07) is 10.4. The van der Waals surface area contributed by atoms with Crippen molar-refractivity contribution in [3.63, 3.8) is 0 Å². The number of Topliss-reactive ketones (excluding diaryl/α,β-unsaturated/α-hetero) is 2. The number of imidazole rings is 1. The van der Waals surface area contributed by atoms with Gasteiger partial charge in [0.2, 0.25) is 17.7 Å². The summed E-state index contributed by atoms with van der Waals surface area (Å²) >= 11 is 0. The summed E-state index contributed by atoms with van der Waals surface area (Å²) in [5, 5.41) is 22.7. The number of unbranched alkanes of at least 4 members (excludes halogenated alkanes) is 2. The normalized spacial score (nSPS) is 13.5. The molecule has 65 heavy (non-hydrogen) atoms. The molecule has 0 aliphatic heterocycles. The molecular weight excluding hydrogens is 860 g/mol. The van der Waals surface area contributed by atoms with Crippen molar-refractivity contribution in [1.29, 1.82) is 0 Å². The third-order valence-electron chi connectivity index (χ3n) is 10.5. The van der Waals surface area contributed by atoms with Crippen molar-refractivity contribution >= 4 is 35.3 Å². The summed E-state index contributed by atoms with van der Waals surface area (Å²) in [6.45, 7) is 12.5. The number of aromatic nitrogens is 2. The van der Waals surface area contributed by atoms with Gasteiger partial charge in [0.05, 0.1) is 23.8 Å². The molecule has 0 fully saturated rings. The molecule has 0 saturated heterocycles. The number of aliphatic carboxylic acids is 1. The molecule has 0 aliphatic carbocycles. The Morgan fingerprint density at radius 3 is 2.06 bits per heavy atom. The molecular formula is C46H63F5N6O8. The number of aliphatic hydroxyl groups is 1. The third-order valence-corrected chi connectivity index (χ3v) is 10.5. The highest BCUT2D eigenvalue weighted by Gasteiger charge is 2.39. The van der Waals surface area contributed by atoms with E-state index in [1.54, 1.807) is 13.1 Å². The first-order chi connectivity index (χ1) is 30.3. The largest absolute Gasteiger partial charge is 0.490 e. The van der Waals surface area contributed by atoms with E-state index in [4.69, 9.17) is 20.6 Å². The average Bonchev–Trinajstić information content (AvgIpc) is 3.62. The first-order valence-electron chi connectivity index (χ1n) is 21.4. The van der Waals surface area contributed by atoms with Crippen LogP contribution in [0.15, 0.2) is 54.7 Å². The van der Waals surface area contributed by atoms with Gasteiger partial charge in [0.1, 0.15) is 24.1 Å². The molecule has 0 saturated carbocycles. The molecule has 1 aromatic heterocycles. The molecule has 0 spiro atoms. The van der Waals surface area contributed by atoms with E-state index >= 15 is 4.39 Å². The molecule has 19 heteroatoms. The minimum Gasteiger partial charge on any atom is -0.475 e. The fourth-order valence-corrected chi connectivity index (χ4v) is 7.10. The molecule has 0 radical (unpaired) electrons. The second-order valence-corrected chi connectivity index (χ2v) is 17.3. The van der Waals surface area contributed by atoms with Crippen molar-refractivity contribution in [3.8, 4) is 11.3 Å². The van der Waals surface area contributed by atoms with Crippen LogP contribution in [0.3, 0.4) is 0 Å². The summed E-state index contributed by atoms with van der Waals surface area (Å²) in [6.07, 6.45) is -0.955. The van der Waals surface area contributed by atoms with Gasteiger partial charge in [0.25, 0.3) is 0 Å². The van der Waals surface area contributed by atoms with Crippen LogP contribution in [0.4, 0.5) is 22.0 Å². The van der Waals surface area contributed by atoms with Gasteiger partial charge in [-0.3, -0.25) is 24.0 Å². The Kier molecular flexibility index (Phi) is 22.1. The minimum absolute atomic E-state index is 0.0284. The van der Waals surface area contributed by atoms with Gasteiger partial charge in [-0.1, -0.05) is 65.0 Å². The maximum atomic E-state index is 15.0. The number of amides is 3. The molecule has 0 aliphatic rings. The van der Waals surface area contributed by atoms with Gasteiger partial charge in [0.15, 0.2) is 11.6 Å².